The van der Waals surface area contributed by atoms with Gasteiger partial charge in [-0.25, -0.2) is 0 Å². The molecule has 0 amide bonds. The Balaban J connectivity index is -0.0000000450. The van der Waals surface area contributed by atoms with Crippen molar-refractivity contribution < 1.29 is 10.2 Å². The Bertz CT molecular complexity index is 11.5. The number of hydrogen-bond donors (Lipinski definition) is 2. The van der Waals surface area contributed by atoms with E-state index in [1.807, 2.05) is 0 Å². The Morgan fingerprint density at radius 1 is 0.833 bits per heavy atom. The van der Waals surface area contributed by atoms with Crippen LogP contribution in [-0.4, -0.2) is 23.4 Å². The van der Waals surface area contributed by atoms with E-state index < -0.39 is 0 Å². The van der Waals surface area contributed by atoms with Crippen LogP contribution >= 0.6 is 27.0 Å². The Hall–Kier alpha value is 0.620. The summed E-state index contributed by atoms with van der Waals surface area (Å²) in [5.74, 6) is 0. The van der Waals surface area contributed by atoms with Crippen molar-refractivity contribution in [3.63, 3.8) is 0 Å². The van der Waals surface area contributed by atoms with E-state index in [1.54, 1.807) is 0 Å². The first kappa shape index (κ1) is 16.0. The van der Waals surface area contributed by atoms with Gasteiger partial charge in [0.2, 0.25) is 0 Å². The predicted octanol–water partition coefficient (Wildman–Crippen LogP) is -0.803. The van der Waals surface area contributed by atoms with Crippen molar-refractivity contribution in [3.8, 4) is 0 Å². The highest BCUT2D eigenvalue weighted by atomic mass is 32.1. The second-order valence-corrected chi connectivity index (χ2v) is 0.447. The summed E-state index contributed by atoms with van der Waals surface area (Å²) < 4.78 is 0. The van der Waals surface area contributed by atoms with Crippen molar-refractivity contribution in [2.75, 3.05) is 13.2 Å². The van der Waals surface area contributed by atoms with Gasteiger partial charge in [0.1, 0.15) is 0 Å². The van der Waals surface area contributed by atoms with Crippen LogP contribution < -0.4 is 0 Å². The zero-order valence-corrected chi connectivity index (χ0v) is 5.31. The smallest absolute Gasteiger partial charge is 0.0662 e. The van der Waals surface area contributed by atoms with Crippen LogP contribution in [0.4, 0.5) is 0 Å². The molecular formula is C2H10O2S2. The van der Waals surface area contributed by atoms with E-state index in [1.165, 1.54) is 0 Å². The maximum atomic E-state index is 7.62. The molecule has 0 bridgehead atoms. The largest absolute Gasteiger partial charge is 0.394 e. The molecule has 0 atom stereocenters. The average Bonchev–Trinajstić information content (AvgIpc) is 1.37. The summed E-state index contributed by atoms with van der Waals surface area (Å²) >= 11 is 0. The van der Waals surface area contributed by atoms with E-state index in [9.17, 15) is 0 Å². The van der Waals surface area contributed by atoms with E-state index in [0.717, 1.165) is 0 Å². The minimum absolute atomic E-state index is 0. The first-order chi connectivity index (χ1) is 1.91. The van der Waals surface area contributed by atoms with Crippen molar-refractivity contribution in [2.45, 2.75) is 0 Å². The second-order valence-electron chi connectivity index (χ2n) is 0.447. The minimum atomic E-state index is -0.125. The third-order valence-electron chi connectivity index (χ3n) is 0.1000. The molecular weight excluding hydrogens is 120 g/mol. The summed E-state index contributed by atoms with van der Waals surface area (Å²) in [7, 11) is 0. The molecule has 42 valence electrons. The third kappa shape index (κ3) is 23.1. The highest BCUT2D eigenvalue weighted by molar-refractivity contribution is 7.59. The van der Waals surface area contributed by atoms with Crippen LogP contribution in [0.3, 0.4) is 0 Å². The average molecular weight is 130 g/mol. The second kappa shape index (κ2) is 17.5. The van der Waals surface area contributed by atoms with E-state index in [2.05, 4.69) is 0 Å². The SMILES string of the molecule is OCCO.S.S. The van der Waals surface area contributed by atoms with Gasteiger partial charge in [-0.3, -0.25) is 0 Å². The molecule has 2 N–H and O–H groups in total. The fraction of sp³-hybridized carbons (Fsp3) is 1.00. The van der Waals surface area contributed by atoms with Gasteiger partial charge in [0.25, 0.3) is 0 Å². The summed E-state index contributed by atoms with van der Waals surface area (Å²) in [6.45, 7) is -0.250. The topological polar surface area (TPSA) is 40.5 Å². The molecule has 0 saturated heterocycles. The fourth-order valence-electron chi connectivity index (χ4n) is 0. The van der Waals surface area contributed by atoms with Crippen molar-refractivity contribution in [1.29, 1.82) is 0 Å². The van der Waals surface area contributed by atoms with E-state index in [0.29, 0.717) is 0 Å². The zero-order valence-electron chi connectivity index (χ0n) is 3.31. The van der Waals surface area contributed by atoms with Crippen LogP contribution in [-0.2, 0) is 0 Å². The maximum absolute atomic E-state index is 7.62. The van der Waals surface area contributed by atoms with Gasteiger partial charge in [-0.05, 0) is 0 Å². The Morgan fingerprint density at radius 2 is 1.00 bits per heavy atom. The summed E-state index contributed by atoms with van der Waals surface area (Å²) in [4.78, 5) is 0. The van der Waals surface area contributed by atoms with Crippen molar-refractivity contribution in [3.05, 3.63) is 0 Å². The first-order valence-corrected chi connectivity index (χ1v) is 1.13. The van der Waals surface area contributed by atoms with Gasteiger partial charge in [-0.15, -0.1) is 0 Å². The van der Waals surface area contributed by atoms with Crippen LogP contribution in [0.15, 0.2) is 0 Å². The minimum Gasteiger partial charge on any atom is -0.394 e. The lowest BCUT2D eigenvalue weighted by Crippen LogP contribution is -1.85. The molecule has 6 heavy (non-hydrogen) atoms. The number of hydrogen-bond acceptors (Lipinski definition) is 2. The summed E-state index contributed by atoms with van der Waals surface area (Å²) in [6.07, 6.45) is 0. The van der Waals surface area contributed by atoms with Crippen molar-refractivity contribution >= 4 is 27.0 Å². The normalized spacial score (nSPS) is 5.00. The van der Waals surface area contributed by atoms with E-state index >= 15 is 0 Å². The van der Waals surface area contributed by atoms with Crippen molar-refractivity contribution in [2.24, 2.45) is 0 Å². The number of aliphatic hydroxyl groups excluding tert-OH is 2. The molecule has 0 aliphatic rings. The van der Waals surface area contributed by atoms with Crippen LogP contribution in [0.25, 0.3) is 0 Å². The van der Waals surface area contributed by atoms with Gasteiger partial charge in [-0.1, -0.05) is 0 Å². The molecule has 0 spiro atoms. The standard InChI is InChI=1S/C2H6O2.2H2S/c3-1-2-4;;/h3-4H,1-2H2;2*1H2. The van der Waals surface area contributed by atoms with E-state index in [-0.39, 0.29) is 40.2 Å². The fourth-order valence-corrected chi connectivity index (χ4v) is 0. The number of aliphatic hydroxyl groups is 2. The predicted molar refractivity (Wildman–Crippen MR) is 34.9 cm³/mol. The molecule has 0 fully saturated rings. The van der Waals surface area contributed by atoms with Crippen molar-refractivity contribution in [1.82, 2.24) is 0 Å². The van der Waals surface area contributed by atoms with Gasteiger partial charge in [-0.2, -0.15) is 27.0 Å². The third-order valence-corrected chi connectivity index (χ3v) is 0.1000. The Labute approximate surface area is 51.1 Å². The van der Waals surface area contributed by atoms with Gasteiger partial charge in [0.15, 0.2) is 0 Å². The number of rotatable bonds is 1. The monoisotopic (exact) mass is 130 g/mol. The van der Waals surface area contributed by atoms with Gasteiger partial charge in [0.05, 0.1) is 13.2 Å². The van der Waals surface area contributed by atoms with Crippen LogP contribution in [0, 0.1) is 0 Å². The first-order valence-electron chi connectivity index (χ1n) is 1.13. The molecule has 0 rings (SSSR count). The highest BCUT2D eigenvalue weighted by Gasteiger charge is 1.58. The molecule has 0 radical (unpaired) electrons. The molecule has 0 unspecified atom stereocenters. The summed E-state index contributed by atoms with van der Waals surface area (Å²) in [5, 5.41) is 15.2. The highest BCUT2D eigenvalue weighted by Crippen LogP contribution is 1.39. The Morgan fingerprint density at radius 3 is 1.00 bits per heavy atom. The quantitative estimate of drug-likeness (QED) is 0.488. The summed E-state index contributed by atoms with van der Waals surface area (Å²) in [5.41, 5.74) is 0. The zero-order chi connectivity index (χ0) is 3.41. The van der Waals surface area contributed by atoms with Gasteiger partial charge in [0, 0.05) is 0 Å². The Kier molecular flexibility index (Phi) is 46.5. The molecule has 0 aromatic carbocycles. The molecule has 0 heterocycles. The molecule has 0 aromatic heterocycles. The maximum Gasteiger partial charge on any atom is 0.0662 e. The molecule has 0 aromatic rings. The molecule has 0 aliphatic carbocycles. The van der Waals surface area contributed by atoms with E-state index in [4.69, 9.17) is 10.2 Å². The molecule has 0 saturated carbocycles. The lowest BCUT2D eigenvalue weighted by molar-refractivity contribution is 0.186. The lowest BCUT2D eigenvalue weighted by atomic mass is 10.8. The van der Waals surface area contributed by atoms with Gasteiger partial charge >= 0.3 is 0 Å². The molecule has 2 nitrogen and oxygen atoms in total. The molecule has 0 aliphatic heterocycles. The summed E-state index contributed by atoms with van der Waals surface area (Å²) in [6, 6.07) is 0. The van der Waals surface area contributed by atoms with Crippen LogP contribution in [0.1, 0.15) is 0 Å². The lowest BCUT2D eigenvalue weighted by Gasteiger charge is -1.70. The van der Waals surface area contributed by atoms with Crippen LogP contribution in [0.5, 0.6) is 0 Å². The molecule has 4 heteroatoms. The van der Waals surface area contributed by atoms with Crippen LogP contribution in [0.2, 0.25) is 0 Å². The van der Waals surface area contributed by atoms with Gasteiger partial charge < -0.3 is 10.2 Å².